The number of fused-ring (bicyclic) bond motifs is 1. The normalized spacial score (nSPS) is 10.9. The SMILES string of the molecule is Cc1cc(CCc2cc(C(=O)Oc3ccccc3F)cc3ncccc23)cc(C)c1O. The number of hydrogen-bond acceptors (Lipinski definition) is 4. The van der Waals surface area contributed by atoms with Gasteiger partial charge in [-0.3, -0.25) is 4.98 Å². The molecule has 1 N–H and O–H groups in total. The van der Waals surface area contributed by atoms with Crippen molar-refractivity contribution in [3.05, 3.63) is 100 Å². The van der Waals surface area contributed by atoms with Crippen molar-refractivity contribution in [2.24, 2.45) is 0 Å². The number of carbonyl (C=O) groups is 1. The fraction of sp³-hybridized carbons (Fsp3) is 0.154. The molecule has 0 aliphatic carbocycles. The third-order valence-corrected chi connectivity index (χ3v) is 5.32. The molecule has 0 unspecified atom stereocenters. The van der Waals surface area contributed by atoms with Crippen LogP contribution in [0.4, 0.5) is 4.39 Å². The first-order valence-electron chi connectivity index (χ1n) is 10.1. The van der Waals surface area contributed by atoms with Gasteiger partial charge in [0.1, 0.15) is 5.75 Å². The minimum Gasteiger partial charge on any atom is -0.507 e. The van der Waals surface area contributed by atoms with Crippen LogP contribution in [0, 0.1) is 19.7 Å². The Hall–Kier alpha value is -3.73. The van der Waals surface area contributed by atoms with Gasteiger partial charge in [0, 0.05) is 11.6 Å². The van der Waals surface area contributed by atoms with Gasteiger partial charge in [-0.1, -0.05) is 30.3 Å². The summed E-state index contributed by atoms with van der Waals surface area (Å²) in [6.07, 6.45) is 3.08. The quantitative estimate of drug-likeness (QED) is 0.335. The van der Waals surface area contributed by atoms with Gasteiger partial charge in [0.2, 0.25) is 0 Å². The lowest BCUT2D eigenvalue weighted by Crippen LogP contribution is -2.10. The van der Waals surface area contributed by atoms with Crippen molar-refractivity contribution < 1.29 is 19.0 Å². The highest BCUT2D eigenvalue weighted by atomic mass is 19.1. The fourth-order valence-electron chi connectivity index (χ4n) is 3.74. The van der Waals surface area contributed by atoms with E-state index >= 15 is 0 Å². The average molecular weight is 415 g/mol. The first-order valence-corrected chi connectivity index (χ1v) is 10.1. The number of rotatable bonds is 5. The highest BCUT2D eigenvalue weighted by Gasteiger charge is 2.15. The number of ether oxygens (including phenoxy) is 1. The summed E-state index contributed by atoms with van der Waals surface area (Å²) in [7, 11) is 0. The number of carbonyl (C=O) groups excluding carboxylic acids is 1. The monoisotopic (exact) mass is 415 g/mol. The minimum atomic E-state index is -0.629. The molecule has 0 radical (unpaired) electrons. The standard InChI is InChI=1S/C26H22FNO3/c1-16-12-18(13-17(2)25(16)29)9-10-19-14-20(15-23-21(19)6-5-11-28-23)26(30)31-24-8-4-3-7-22(24)27/h3-8,11-15,29H,9-10H2,1-2H3. The maximum atomic E-state index is 13.9. The zero-order valence-electron chi connectivity index (χ0n) is 17.4. The molecule has 1 heterocycles. The van der Waals surface area contributed by atoms with E-state index in [0.717, 1.165) is 34.1 Å². The molecule has 0 aliphatic heterocycles. The predicted molar refractivity (Wildman–Crippen MR) is 118 cm³/mol. The van der Waals surface area contributed by atoms with Crippen LogP contribution in [0.5, 0.6) is 11.5 Å². The molecule has 5 heteroatoms. The van der Waals surface area contributed by atoms with Crippen molar-refractivity contribution in [3.8, 4) is 11.5 Å². The van der Waals surface area contributed by atoms with E-state index in [1.54, 1.807) is 24.4 Å². The molecular weight excluding hydrogens is 393 g/mol. The van der Waals surface area contributed by atoms with Gasteiger partial charge in [-0.05, 0) is 79.3 Å². The van der Waals surface area contributed by atoms with Crippen LogP contribution in [0.25, 0.3) is 10.9 Å². The molecule has 3 aromatic carbocycles. The van der Waals surface area contributed by atoms with Gasteiger partial charge in [0.05, 0.1) is 11.1 Å². The lowest BCUT2D eigenvalue weighted by atomic mass is 9.96. The highest BCUT2D eigenvalue weighted by Crippen LogP contribution is 2.26. The summed E-state index contributed by atoms with van der Waals surface area (Å²) >= 11 is 0. The van der Waals surface area contributed by atoms with Gasteiger partial charge in [0.25, 0.3) is 0 Å². The van der Waals surface area contributed by atoms with E-state index < -0.39 is 11.8 Å². The van der Waals surface area contributed by atoms with E-state index in [1.807, 2.05) is 38.1 Å². The number of esters is 1. The van der Waals surface area contributed by atoms with Crippen LogP contribution >= 0.6 is 0 Å². The second-order valence-corrected chi connectivity index (χ2v) is 7.60. The number of aromatic hydroxyl groups is 1. The van der Waals surface area contributed by atoms with Crippen LogP contribution in [-0.2, 0) is 12.8 Å². The molecule has 1 aromatic heterocycles. The third kappa shape index (κ3) is 4.40. The maximum absolute atomic E-state index is 13.9. The van der Waals surface area contributed by atoms with Crippen LogP contribution in [0.1, 0.15) is 32.6 Å². The van der Waals surface area contributed by atoms with Crippen molar-refractivity contribution in [1.29, 1.82) is 0 Å². The number of phenolic OH excluding ortho intramolecular Hbond substituents is 1. The summed E-state index contributed by atoms with van der Waals surface area (Å²) in [5.74, 6) is -1.01. The minimum absolute atomic E-state index is 0.106. The topological polar surface area (TPSA) is 59.4 Å². The van der Waals surface area contributed by atoms with E-state index in [9.17, 15) is 14.3 Å². The number of aryl methyl sites for hydroxylation is 4. The van der Waals surface area contributed by atoms with E-state index in [1.165, 1.54) is 18.2 Å². The number of aromatic nitrogens is 1. The third-order valence-electron chi connectivity index (χ3n) is 5.32. The Bertz CT molecular complexity index is 1260. The van der Waals surface area contributed by atoms with E-state index in [4.69, 9.17) is 4.74 Å². The fourth-order valence-corrected chi connectivity index (χ4v) is 3.74. The maximum Gasteiger partial charge on any atom is 0.343 e. The van der Waals surface area contributed by atoms with Crippen molar-refractivity contribution >= 4 is 16.9 Å². The van der Waals surface area contributed by atoms with Gasteiger partial charge in [-0.2, -0.15) is 0 Å². The molecule has 0 spiro atoms. The lowest BCUT2D eigenvalue weighted by Gasteiger charge is -2.12. The van der Waals surface area contributed by atoms with Crippen molar-refractivity contribution in [3.63, 3.8) is 0 Å². The number of hydrogen-bond donors (Lipinski definition) is 1. The van der Waals surface area contributed by atoms with Crippen LogP contribution < -0.4 is 4.74 Å². The number of para-hydroxylation sites is 1. The van der Waals surface area contributed by atoms with E-state index in [0.29, 0.717) is 23.3 Å². The number of pyridine rings is 1. The second-order valence-electron chi connectivity index (χ2n) is 7.60. The molecule has 0 atom stereocenters. The Labute approximate surface area is 180 Å². The molecule has 0 saturated carbocycles. The zero-order valence-corrected chi connectivity index (χ0v) is 17.4. The molecule has 0 aliphatic rings. The predicted octanol–water partition coefficient (Wildman–Crippen LogP) is 5.70. The van der Waals surface area contributed by atoms with Crippen molar-refractivity contribution in [1.82, 2.24) is 4.98 Å². The molecule has 0 bridgehead atoms. The molecule has 0 fully saturated rings. The summed E-state index contributed by atoms with van der Waals surface area (Å²) in [5, 5.41) is 11.0. The summed E-state index contributed by atoms with van der Waals surface area (Å²) < 4.78 is 19.2. The number of nitrogens with zero attached hydrogens (tertiary/aromatic N) is 1. The van der Waals surface area contributed by atoms with Gasteiger partial charge in [-0.25, -0.2) is 9.18 Å². The number of benzene rings is 3. The molecule has 156 valence electrons. The Kier molecular flexibility index (Phi) is 5.67. The molecule has 4 nitrogen and oxygen atoms in total. The van der Waals surface area contributed by atoms with Crippen LogP contribution in [0.2, 0.25) is 0 Å². The largest absolute Gasteiger partial charge is 0.507 e. The molecule has 0 saturated heterocycles. The molecule has 4 rings (SSSR count). The van der Waals surface area contributed by atoms with Crippen molar-refractivity contribution in [2.75, 3.05) is 0 Å². The molecule has 0 amide bonds. The van der Waals surface area contributed by atoms with Crippen LogP contribution in [-0.4, -0.2) is 16.1 Å². The molecular formula is C26H22FNO3. The number of halogens is 1. The van der Waals surface area contributed by atoms with Crippen LogP contribution in [0.15, 0.2) is 66.9 Å². The molecule has 31 heavy (non-hydrogen) atoms. The van der Waals surface area contributed by atoms with Gasteiger partial charge < -0.3 is 9.84 Å². The number of phenols is 1. The summed E-state index contributed by atoms with van der Waals surface area (Å²) in [6.45, 7) is 3.76. The Morgan fingerprint density at radius 3 is 2.48 bits per heavy atom. The summed E-state index contributed by atoms with van der Waals surface area (Å²) in [4.78, 5) is 17.1. The average Bonchev–Trinajstić information content (AvgIpc) is 2.77. The van der Waals surface area contributed by atoms with Gasteiger partial charge in [-0.15, -0.1) is 0 Å². The van der Waals surface area contributed by atoms with Crippen LogP contribution in [0.3, 0.4) is 0 Å². The Morgan fingerprint density at radius 2 is 1.74 bits per heavy atom. The van der Waals surface area contributed by atoms with Gasteiger partial charge in [0.15, 0.2) is 11.6 Å². The zero-order chi connectivity index (χ0) is 22.0. The highest BCUT2D eigenvalue weighted by molar-refractivity contribution is 5.96. The van der Waals surface area contributed by atoms with Gasteiger partial charge >= 0.3 is 5.97 Å². The smallest absolute Gasteiger partial charge is 0.343 e. The Balaban J connectivity index is 1.65. The first-order chi connectivity index (χ1) is 14.9. The van der Waals surface area contributed by atoms with E-state index in [-0.39, 0.29) is 5.75 Å². The van der Waals surface area contributed by atoms with E-state index in [2.05, 4.69) is 4.98 Å². The summed E-state index contributed by atoms with van der Waals surface area (Å²) in [6, 6.07) is 17.0. The summed E-state index contributed by atoms with van der Waals surface area (Å²) in [5.41, 5.74) is 4.73. The second kappa shape index (κ2) is 8.56. The Morgan fingerprint density at radius 1 is 1.00 bits per heavy atom. The molecule has 4 aromatic rings. The first kappa shape index (κ1) is 20.5. The van der Waals surface area contributed by atoms with Crippen molar-refractivity contribution in [2.45, 2.75) is 26.7 Å². The lowest BCUT2D eigenvalue weighted by molar-refractivity contribution is 0.0728.